The molecule has 0 bridgehead atoms. The van der Waals surface area contributed by atoms with E-state index in [1.165, 1.54) is 7.11 Å². The average molecular weight is 317 g/mol. The van der Waals surface area contributed by atoms with Gasteiger partial charge in [0.15, 0.2) is 0 Å². The van der Waals surface area contributed by atoms with Crippen molar-refractivity contribution in [2.45, 2.75) is 44.9 Å². The van der Waals surface area contributed by atoms with Gasteiger partial charge in [0.1, 0.15) is 5.75 Å². The lowest BCUT2D eigenvalue weighted by Crippen LogP contribution is -2.53. The molecule has 2 N–H and O–H groups in total. The molecule has 0 spiro atoms. The Kier molecular flexibility index (Phi) is 3.62. The predicted octanol–water partition coefficient (Wildman–Crippen LogP) is 3.21. The number of methoxy groups -OCH3 is 1. The minimum Gasteiger partial charge on any atom is -0.508 e. The van der Waals surface area contributed by atoms with Crippen LogP contribution in [0.1, 0.15) is 50.7 Å². The number of ether oxygens (including phenoxy) is 1. The summed E-state index contributed by atoms with van der Waals surface area (Å²) >= 11 is 0. The number of benzene rings is 1. The van der Waals surface area contributed by atoms with E-state index in [-0.39, 0.29) is 23.1 Å². The Morgan fingerprint density at radius 1 is 1.35 bits per heavy atom. The van der Waals surface area contributed by atoms with Gasteiger partial charge in [0, 0.05) is 5.56 Å². The highest BCUT2D eigenvalue weighted by molar-refractivity contribution is 6.04. The minimum atomic E-state index is -0.624. The zero-order valence-electron chi connectivity index (χ0n) is 13.8. The van der Waals surface area contributed by atoms with E-state index in [1.807, 2.05) is 6.92 Å². The predicted molar refractivity (Wildman–Crippen MR) is 85.9 cm³/mol. The topological polar surface area (TPSA) is 79.1 Å². The summed E-state index contributed by atoms with van der Waals surface area (Å²) in [7, 11) is 1.42. The highest BCUT2D eigenvalue weighted by Gasteiger charge is 2.57. The Morgan fingerprint density at radius 2 is 2.09 bits per heavy atom. The van der Waals surface area contributed by atoms with Gasteiger partial charge in [-0.15, -0.1) is 0 Å². The number of carbonyl (C=O) groups excluding carboxylic acids is 1. The van der Waals surface area contributed by atoms with Crippen molar-refractivity contribution in [1.82, 2.24) is 0 Å². The molecule has 1 fully saturated rings. The molecule has 0 amide bonds. The number of esters is 1. The third-order valence-corrected chi connectivity index (χ3v) is 6.03. The summed E-state index contributed by atoms with van der Waals surface area (Å²) in [5.74, 6) is -0.0565. The molecule has 5 nitrogen and oxygen atoms in total. The molecule has 3 rings (SSSR count). The van der Waals surface area contributed by atoms with Crippen molar-refractivity contribution in [1.29, 1.82) is 0 Å². The smallest absolute Gasteiger partial charge is 0.311 e. The molecule has 124 valence electrons. The molecule has 2 aliphatic carbocycles. The third kappa shape index (κ3) is 2.13. The van der Waals surface area contributed by atoms with Crippen LogP contribution in [0.5, 0.6) is 5.75 Å². The average Bonchev–Trinajstić information content (AvgIpc) is 2.54. The number of rotatable bonds is 1. The van der Waals surface area contributed by atoms with Gasteiger partial charge in [-0.1, -0.05) is 18.5 Å². The van der Waals surface area contributed by atoms with Gasteiger partial charge in [-0.2, -0.15) is 0 Å². The molecular formula is C18H23NO4. The maximum atomic E-state index is 12.5. The zero-order valence-corrected chi connectivity index (χ0v) is 13.8. The second-order valence-corrected chi connectivity index (χ2v) is 7.21. The first-order valence-corrected chi connectivity index (χ1v) is 8.00. The van der Waals surface area contributed by atoms with Crippen LogP contribution in [-0.4, -0.2) is 29.1 Å². The lowest BCUT2D eigenvalue weighted by molar-refractivity contribution is -0.160. The van der Waals surface area contributed by atoms with Crippen LogP contribution in [0.4, 0.5) is 0 Å². The van der Waals surface area contributed by atoms with E-state index in [1.54, 1.807) is 18.2 Å². The minimum absolute atomic E-state index is 0.0311. The number of aromatic hydroxyl groups is 1. The number of phenolic OH excluding ortho intramolecular Hbond substituents is 1. The fourth-order valence-corrected chi connectivity index (χ4v) is 4.78. The van der Waals surface area contributed by atoms with E-state index in [0.717, 1.165) is 30.4 Å². The van der Waals surface area contributed by atoms with Crippen molar-refractivity contribution in [2.75, 3.05) is 7.11 Å². The lowest BCUT2D eigenvalue weighted by Gasteiger charge is -2.53. The first kappa shape index (κ1) is 15.8. The number of nitrogens with zero attached hydrogens (tertiary/aromatic N) is 1. The number of hydrogen-bond acceptors (Lipinski definition) is 5. The quantitative estimate of drug-likeness (QED) is 0.473. The largest absolute Gasteiger partial charge is 0.508 e. The first-order chi connectivity index (χ1) is 10.9. The standard InChI is InChI=1S/C18H23NO4/c1-17-7-4-8-18(2,16(21)23-3)15(17)10-14(19-22)12-6-5-11(20)9-13(12)17/h5-6,9,15,20,22H,4,7-8,10H2,1-3H3/t15-,17-,18+/m1/s1. The first-order valence-electron chi connectivity index (χ1n) is 8.00. The highest BCUT2D eigenvalue weighted by atomic mass is 16.5. The molecule has 0 saturated heterocycles. The summed E-state index contributed by atoms with van der Waals surface area (Å²) in [6, 6.07) is 5.15. The third-order valence-electron chi connectivity index (χ3n) is 6.03. The van der Waals surface area contributed by atoms with Gasteiger partial charge in [0.25, 0.3) is 0 Å². The second-order valence-electron chi connectivity index (χ2n) is 7.21. The fraction of sp³-hybridized carbons (Fsp3) is 0.556. The van der Waals surface area contributed by atoms with E-state index in [0.29, 0.717) is 12.1 Å². The molecule has 0 aromatic heterocycles. The summed E-state index contributed by atoms with van der Waals surface area (Å²) in [6.45, 7) is 4.09. The van der Waals surface area contributed by atoms with E-state index >= 15 is 0 Å². The van der Waals surface area contributed by atoms with Crippen LogP contribution in [0.2, 0.25) is 0 Å². The molecule has 0 unspecified atom stereocenters. The van der Waals surface area contributed by atoms with E-state index < -0.39 is 5.41 Å². The second kappa shape index (κ2) is 5.25. The summed E-state index contributed by atoms with van der Waals surface area (Å²) in [6.07, 6.45) is 3.13. The molecular weight excluding hydrogens is 294 g/mol. The van der Waals surface area contributed by atoms with E-state index in [2.05, 4.69) is 12.1 Å². The SMILES string of the molecule is COC(=O)[C@@]1(C)CCC[C@]2(C)c3cc(O)ccc3C(=NO)C[C@@H]12. The number of hydrogen-bond donors (Lipinski definition) is 2. The van der Waals surface area contributed by atoms with Gasteiger partial charge < -0.3 is 15.1 Å². The normalized spacial score (nSPS) is 34.6. The molecule has 5 heteroatoms. The van der Waals surface area contributed by atoms with E-state index in [9.17, 15) is 15.1 Å². The number of phenols is 1. The molecule has 1 aromatic carbocycles. The van der Waals surface area contributed by atoms with E-state index in [4.69, 9.17) is 4.74 Å². The van der Waals surface area contributed by atoms with Crippen LogP contribution in [0, 0.1) is 11.3 Å². The Morgan fingerprint density at radius 3 is 2.74 bits per heavy atom. The molecule has 1 aromatic rings. The number of fused-ring (bicyclic) bond motifs is 3. The van der Waals surface area contributed by atoms with Gasteiger partial charge in [-0.25, -0.2) is 0 Å². The van der Waals surface area contributed by atoms with Crippen molar-refractivity contribution in [2.24, 2.45) is 16.5 Å². The van der Waals surface area contributed by atoms with Crippen LogP contribution in [0.3, 0.4) is 0 Å². The number of carbonyl (C=O) groups is 1. The molecule has 0 heterocycles. The summed E-state index contributed by atoms with van der Waals surface area (Å²) in [5, 5.41) is 22.9. The number of oxime groups is 1. The molecule has 23 heavy (non-hydrogen) atoms. The molecule has 0 radical (unpaired) electrons. The van der Waals surface area contributed by atoms with Gasteiger partial charge in [-0.3, -0.25) is 4.79 Å². The van der Waals surface area contributed by atoms with Crippen molar-refractivity contribution < 1.29 is 19.8 Å². The fourth-order valence-electron chi connectivity index (χ4n) is 4.78. The molecule has 0 aliphatic heterocycles. The summed E-state index contributed by atoms with van der Waals surface area (Å²) in [4.78, 5) is 12.5. The van der Waals surface area contributed by atoms with Crippen molar-refractivity contribution in [3.63, 3.8) is 0 Å². The maximum absolute atomic E-state index is 12.5. The zero-order chi connectivity index (χ0) is 16.8. The van der Waals surface area contributed by atoms with Gasteiger partial charge in [0.05, 0.1) is 18.2 Å². The van der Waals surface area contributed by atoms with Crippen LogP contribution in [-0.2, 0) is 14.9 Å². The van der Waals surface area contributed by atoms with Crippen LogP contribution in [0.25, 0.3) is 0 Å². The lowest BCUT2D eigenvalue weighted by atomic mass is 9.49. The van der Waals surface area contributed by atoms with Crippen LogP contribution >= 0.6 is 0 Å². The maximum Gasteiger partial charge on any atom is 0.311 e. The van der Waals surface area contributed by atoms with Crippen molar-refractivity contribution in [3.05, 3.63) is 29.3 Å². The van der Waals surface area contributed by atoms with Gasteiger partial charge >= 0.3 is 5.97 Å². The summed E-state index contributed by atoms with van der Waals surface area (Å²) < 4.78 is 5.08. The molecule has 1 saturated carbocycles. The highest BCUT2D eigenvalue weighted by Crippen LogP contribution is 2.57. The van der Waals surface area contributed by atoms with Gasteiger partial charge in [-0.05, 0) is 61.3 Å². The van der Waals surface area contributed by atoms with Crippen molar-refractivity contribution in [3.8, 4) is 5.75 Å². The Bertz CT molecular complexity index is 684. The molecule has 2 aliphatic rings. The van der Waals surface area contributed by atoms with Crippen molar-refractivity contribution >= 4 is 11.7 Å². The molecule has 3 atom stereocenters. The van der Waals surface area contributed by atoms with Crippen LogP contribution < -0.4 is 0 Å². The monoisotopic (exact) mass is 317 g/mol. The van der Waals surface area contributed by atoms with Crippen LogP contribution in [0.15, 0.2) is 23.4 Å². The van der Waals surface area contributed by atoms with Gasteiger partial charge in [0.2, 0.25) is 0 Å². The Balaban J connectivity index is 2.21. The summed E-state index contributed by atoms with van der Waals surface area (Å²) in [5.41, 5.74) is 1.50. The Labute approximate surface area is 136 Å². The Hall–Kier alpha value is -2.04.